The lowest BCUT2D eigenvalue weighted by Gasteiger charge is -2.34. The standard InChI is InChI=1S/C12H14F3NO/c1-6-7(2)17-11(5-16-6)8-3-9(13)12(15)10(14)4-8/h3-4,6-7,11,16H,5H2,1-2H3. The van der Waals surface area contributed by atoms with Crippen LogP contribution in [0.15, 0.2) is 12.1 Å². The number of ether oxygens (including phenoxy) is 1. The van der Waals surface area contributed by atoms with Crippen molar-refractivity contribution < 1.29 is 17.9 Å². The summed E-state index contributed by atoms with van der Waals surface area (Å²) < 4.78 is 44.6. The zero-order chi connectivity index (χ0) is 12.6. The summed E-state index contributed by atoms with van der Waals surface area (Å²) in [4.78, 5) is 0. The molecular weight excluding hydrogens is 231 g/mol. The second-order valence-corrected chi connectivity index (χ2v) is 4.33. The third-order valence-electron chi connectivity index (χ3n) is 3.09. The van der Waals surface area contributed by atoms with E-state index in [2.05, 4.69) is 5.32 Å². The smallest absolute Gasteiger partial charge is 0.194 e. The first-order chi connectivity index (χ1) is 7.99. The van der Waals surface area contributed by atoms with Gasteiger partial charge in [-0.2, -0.15) is 0 Å². The van der Waals surface area contributed by atoms with Crippen LogP contribution in [0.1, 0.15) is 25.5 Å². The SMILES string of the molecule is CC1NCC(c2cc(F)c(F)c(F)c2)OC1C. The predicted octanol–water partition coefficient (Wildman–Crippen LogP) is 2.54. The highest BCUT2D eigenvalue weighted by Crippen LogP contribution is 2.26. The second kappa shape index (κ2) is 4.66. The van der Waals surface area contributed by atoms with Gasteiger partial charge in [0.25, 0.3) is 0 Å². The minimum absolute atomic E-state index is 0.0649. The number of benzene rings is 1. The molecule has 1 aliphatic heterocycles. The first-order valence-electron chi connectivity index (χ1n) is 5.52. The first-order valence-corrected chi connectivity index (χ1v) is 5.52. The highest BCUT2D eigenvalue weighted by atomic mass is 19.2. The van der Waals surface area contributed by atoms with Crippen molar-refractivity contribution in [3.8, 4) is 0 Å². The van der Waals surface area contributed by atoms with Crippen LogP contribution in [0.2, 0.25) is 0 Å². The molecule has 0 radical (unpaired) electrons. The Hall–Kier alpha value is -1.07. The van der Waals surface area contributed by atoms with Crippen molar-refractivity contribution in [1.82, 2.24) is 5.32 Å². The van der Waals surface area contributed by atoms with E-state index in [1.807, 2.05) is 13.8 Å². The molecule has 1 aromatic carbocycles. The van der Waals surface area contributed by atoms with E-state index in [-0.39, 0.29) is 12.1 Å². The van der Waals surface area contributed by atoms with Gasteiger partial charge in [-0.3, -0.25) is 0 Å². The van der Waals surface area contributed by atoms with Crippen molar-refractivity contribution >= 4 is 0 Å². The highest BCUT2D eigenvalue weighted by molar-refractivity contribution is 5.22. The highest BCUT2D eigenvalue weighted by Gasteiger charge is 2.27. The van der Waals surface area contributed by atoms with Gasteiger partial charge in [-0.1, -0.05) is 0 Å². The van der Waals surface area contributed by atoms with Gasteiger partial charge < -0.3 is 10.1 Å². The van der Waals surface area contributed by atoms with Gasteiger partial charge in [-0.25, -0.2) is 13.2 Å². The van der Waals surface area contributed by atoms with E-state index < -0.39 is 23.6 Å². The zero-order valence-electron chi connectivity index (χ0n) is 9.64. The average molecular weight is 245 g/mol. The van der Waals surface area contributed by atoms with Crippen molar-refractivity contribution in [1.29, 1.82) is 0 Å². The lowest BCUT2D eigenvalue weighted by molar-refractivity contribution is -0.0511. The first kappa shape index (κ1) is 12.4. The quantitative estimate of drug-likeness (QED) is 0.768. The van der Waals surface area contributed by atoms with E-state index in [0.717, 1.165) is 12.1 Å². The molecule has 1 aliphatic rings. The van der Waals surface area contributed by atoms with Gasteiger partial charge in [0.1, 0.15) is 0 Å². The zero-order valence-corrected chi connectivity index (χ0v) is 9.64. The maximum absolute atomic E-state index is 13.1. The van der Waals surface area contributed by atoms with Crippen LogP contribution in [0.4, 0.5) is 13.2 Å². The van der Waals surface area contributed by atoms with E-state index >= 15 is 0 Å². The molecule has 1 heterocycles. The molecular formula is C12H14F3NO. The summed E-state index contributed by atoms with van der Waals surface area (Å²) in [5.74, 6) is -3.82. The normalized spacial score (nSPS) is 29.4. The summed E-state index contributed by atoms with van der Waals surface area (Å²) in [6.45, 7) is 4.29. The molecule has 3 unspecified atom stereocenters. The van der Waals surface area contributed by atoms with Crippen molar-refractivity contribution in [2.45, 2.75) is 32.1 Å². The minimum Gasteiger partial charge on any atom is -0.368 e. The lowest BCUT2D eigenvalue weighted by atomic mass is 10.0. The number of halogens is 3. The molecule has 2 nitrogen and oxygen atoms in total. The summed E-state index contributed by atoms with van der Waals surface area (Å²) in [5.41, 5.74) is 0.313. The molecule has 0 bridgehead atoms. The fourth-order valence-corrected chi connectivity index (χ4v) is 1.84. The number of nitrogens with one attached hydrogen (secondary N) is 1. The molecule has 1 aromatic rings. The molecule has 94 valence electrons. The monoisotopic (exact) mass is 245 g/mol. The van der Waals surface area contributed by atoms with Crippen LogP contribution in [-0.4, -0.2) is 18.7 Å². The Bertz CT molecular complexity index is 401. The molecule has 0 aromatic heterocycles. The van der Waals surface area contributed by atoms with E-state index in [1.165, 1.54) is 0 Å². The Labute approximate surface area is 97.8 Å². The van der Waals surface area contributed by atoms with Crippen molar-refractivity contribution in [2.24, 2.45) is 0 Å². The van der Waals surface area contributed by atoms with Gasteiger partial charge in [0, 0.05) is 12.6 Å². The molecule has 1 N–H and O–H groups in total. The van der Waals surface area contributed by atoms with Crippen molar-refractivity contribution in [3.63, 3.8) is 0 Å². The molecule has 0 amide bonds. The molecule has 0 aliphatic carbocycles. The molecule has 17 heavy (non-hydrogen) atoms. The van der Waals surface area contributed by atoms with Crippen LogP contribution in [0.5, 0.6) is 0 Å². The molecule has 1 fully saturated rings. The Balaban J connectivity index is 2.23. The Morgan fingerprint density at radius 1 is 1.18 bits per heavy atom. The van der Waals surface area contributed by atoms with Gasteiger partial charge in [0.15, 0.2) is 17.5 Å². The van der Waals surface area contributed by atoms with Crippen LogP contribution < -0.4 is 5.32 Å². The average Bonchev–Trinajstić information content (AvgIpc) is 2.29. The van der Waals surface area contributed by atoms with E-state index in [9.17, 15) is 13.2 Å². The van der Waals surface area contributed by atoms with Gasteiger partial charge in [-0.15, -0.1) is 0 Å². The summed E-state index contributed by atoms with van der Waals surface area (Å²) >= 11 is 0. The van der Waals surface area contributed by atoms with E-state index in [1.54, 1.807) is 0 Å². The number of hydrogen-bond acceptors (Lipinski definition) is 2. The number of morpholine rings is 1. The molecule has 2 rings (SSSR count). The minimum atomic E-state index is -1.45. The Morgan fingerprint density at radius 3 is 2.29 bits per heavy atom. The van der Waals surface area contributed by atoms with Crippen LogP contribution in [0, 0.1) is 17.5 Å². The molecule has 0 saturated carbocycles. The second-order valence-electron chi connectivity index (χ2n) is 4.33. The predicted molar refractivity (Wildman–Crippen MR) is 57.1 cm³/mol. The van der Waals surface area contributed by atoms with Crippen LogP contribution in [0.3, 0.4) is 0 Å². The van der Waals surface area contributed by atoms with Crippen molar-refractivity contribution in [3.05, 3.63) is 35.1 Å². The summed E-state index contributed by atoms with van der Waals surface area (Å²) in [6, 6.07) is 2.14. The van der Waals surface area contributed by atoms with Crippen LogP contribution >= 0.6 is 0 Å². The number of rotatable bonds is 1. The molecule has 3 atom stereocenters. The molecule has 0 spiro atoms. The van der Waals surface area contributed by atoms with Crippen LogP contribution in [-0.2, 0) is 4.74 Å². The lowest BCUT2D eigenvalue weighted by Crippen LogP contribution is -2.46. The van der Waals surface area contributed by atoms with Crippen molar-refractivity contribution in [2.75, 3.05) is 6.54 Å². The van der Waals surface area contributed by atoms with Gasteiger partial charge >= 0.3 is 0 Å². The number of hydrogen-bond donors (Lipinski definition) is 1. The largest absolute Gasteiger partial charge is 0.368 e. The summed E-state index contributed by atoms with van der Waals surface area (Å²) in [7, 11) is 0. The summed E-state index contributed by atoms with van der Waals surface area (Å²) in [6.07, 6.45) is -0.518. The van der Waals surface area contributed by atoms with E-state index in [0.29, 0.717) is 12.1 Å². The fraction of sp³-hybridized carbons (Fsp3) is 0.500. The van der Waals surface area contributed by atoms with E-state index in [4.69, 9.17) is 4.74 Å². The molecule has 5 heteroatoms. The summed E-state index contributed by atoms with van der Waals surface area (Å²) in [5, 5.41) is 3.17. The fourth-order valence-electron chi connectivity index (χ4n) is 1.84. The Kier molecular flexibility index (Phi) is 3.40. The van der Waals surface area contributed by atoms with Gasteiger partial charge in [0.2, 0.25) is 0 Å². The van der Waals surface area contributed by atoms with Gasteiger partial charge in [0.05, 0.1) is 12.2 Å². The Morgan fingerprint density at radius 2 is 1.76 bits per heavy atom. The van der Waals surface area contributed by atoms with Gasteiger partial charge in [-0.05, 0) is 31.5 Å². The third-order valence-corrected chi connectivity index (χ3v) is 3.09. The maximum atomic E-state index is 13.1. The van der Waals surface area contributed by atoms with Crippen LogP contribution in [0.25, 0.3) is 0 Å². The molecule has 1 saturated heterocycles. The topological polar surface area (TPSA) is 21.3 Å². The maximum Gasteiger partial charge on any atom is 0.194 e. The third kappa shape index (κ3) is 2.45.